The summed E-state index contributed by atoms with van der Waals surface area (Å²) in [7, 11) is 0. The maximum atomic E-state index is 11.3. The van der Waals surface area contributed by atoms with Crippen molar-refractivity contribution in [2.75, 3.05) is 26.3 Å². The van der Waals surface area contributed by atoms with Gasteiger partial charge >= 0.3 is 0 Å². The van der Waals surface area contributed by atoms with Crippen molar-refractivity contribution in [3.63, 3.8) is 0 Å². The minimum atomic E-state index is -0.570. The monoisotopic (exact) mass is 239 g/mol. The number of hydrogen-bond acceptors (Lipinski definition) is 4. The van der Waals surface area contributed by atoms with Gasteiger partial charge in [-0.05, 0) is 6.92 Å². The van der Waals surface area contributed by atoms with Crippen LogP contribution in [0.15, 0.2) is 23.5 Å². The molecule has 1 saturated heterocycles. The molecule has 6 nitrogen and oxygen atoms in total. The van der Waals surface area contributed by atoms with Crippen molar-refractivity contribution in [3.8, 4) is 0 Å². The van der Waals surface area contributed by atoms with Crippen LogP contribution in [0.5, 0.6) is 0 Å². The van der Waals surface area contributed by atoms with E-state index in [9.17, 15) is 9.59 Å². The van der Waals surface area contributed by atoms with Crippen LogP contribution in [0, 0.1) is 0 Å². The Morgan fingerprint density at radius 2 is 2.06 bits per heavy atom. The number of carbonyl (C=O) groups is 2. The molecule has 1 fully saturated rings. The predicted octanol–water partition coefficient (Wildman–Crippen LogP) is -0.662. The van der Waals surface area contributed by atoms with Gasteiger partial charge in [-0.15, -0.1) is 0 Å². The Labute approximate surface area is 100 Å². The lowest BCUT2D eigenvalue weighted by Gasteiger charge is -2.31. The van der Waals surface area contributed by atoms with Crippen LogP contribution in [0.25, 0.3) is 0 Å². The maximum Gasteiger partial charge on any atom is 0.252 e. The Hall–Kier alpha value is -1.82. The lowest BCUT2D eigenvalue weighted by Crippen LogP contribution is -2.41. The molecule has 0 atom stereocenters. The summed E-state index contributed by atoms with van der Waals surface area (Å²) in [5, 5.41) is 2.54. The first-order chi connectivity index (χ1) is 8.20. The molecule has 6 heteroatoms. The van der Waals surface area contributed by atoms with E-state index in [0.717, 1.165) is 0 Å². The number of amides is 2. The first kappa shape index (κ1) is 13.2. The number of nitrogens with two attached hydrogens (primary N) is 1. The predicted molar refractivity (Wildman–Crippen MR) is 62.6 cm³/mol. The van der Waals surface area contributed by atoms with E-state index in [2.05, 4.69) is 5.32 Å². The van der Waals surface area contributed by atoms with Gasteiger partial charge < -0.3 is 20.7 Å². The molecule has 94 valence electrons. The number of rotatable bonds is 5. The molecule has 0 aromatic rings. The second-order valence-electron chi connectivity index (χ2n) is 3.49. The average Bonchev–Trinajstić information content (AvgIpc) is 2.34. The van der Waals surface area contributed by atoms with Crippen LogP contribution in [-0.4, -0.2) is 43.5 Å². The number of nitrogens with one attached hydrogen (secondary N) is 1. The van der Waals surface area contributed by atoms with Crippen molar-refractivity contribution < 1.29 is 14.3 Å². The van der Waals surface area contributed by atoms with E-state index in [1.807, 2.05) is 4.90 Å². The van der Waals surface area contributed by atoms with E-state index >= 15 is 0 Å². The van der Waals surface area contributed by atoms with E-state index in [1.165, 1.54) is 0 Å². The van der Waals surface area contributed by atoms with Gasteiger partial charge in [-0.25, -0.2) is 0 Å². The third-order valence-corrected chi connectivity index (χ3v) is 2.38. The smallest absolute Gasteiger partial charge is 0.252 e. The molecule has 2 amide bonds. The minimum absolute atomic E-state index is 0.293. The lowest BCUT2D eigenvalue weighted by atomic mass is 10.2. The van der Waals surface area contributed by atoms with Crippen molar-refractivity contribution in [3.05, 3.63) is 23.5 Å². The molecule has 1 aliphatic rings. The highest BCUT2D eigenvalue weighted by Gasteiger charge is 2.18. The second kappa shape index (κ2) is 6.70. The summed E-state index contributed by atoms with van der Waals surface area (Å²) >= 11 is 0. The number of nitrogens with zero attached hydrogens (tertiary/aromatic N) is 1. The summed E-state index contributed by atoms with van der Waals surface area (Å²) in [4.78, 5) is 23.8. The number of allylic oxidation sites excluding steroid dienone is 1. The molecule has 0 radical (unpaired) electrons. The Balaban J connectivity index is 3.04. The molecule has 1 heterocycles. The molecule has 0 spiro atoms. The topological polar surface area (TPSA) is 84.7 Å². The Bertz CT molecular complexity index is 344. The summed E-state index contributed by atoms with van der Waals surface area (Å²) in [6, 6.07) is 0. The van der Waals surface area contributed by atoms with Gasteiger partial charge in [-0.2, -0.15) is 0 Å². The van der Waals surface area contributed by atoms with Crippen LogP contribution in [0.4, 0.5) is 0 Å². The number of carbonyl (C=O) groups excluding carboxylic acids is 2. The quantitative estimate of drug-likeness (QED) is 0.379. The molecule has 3 N–H and O–H groups in total. The zero-order chi connectivity index (χ0) is 12.7. The normalized spacial score (nSPS) is 17.8. The summed E-state index contributed by atoms with van der Waals surface area (Å²) in [5.41, 5.74) is 5.59. The Morgan fingerprint density at radius 3 is 2.53 bits per heavy atom. The van der Waals surface area contributed by atoms with Gasteiger partial charge in [0.2, 0.25) is 6.41 Å². The van der Waals surface area contributed by atoms with E-state index in [-0.39, 0.29) is 0 Å². The zero-order valence-electron chi connectivity index (χ0n) is 9.81. The summed E-state index contributed by atoms with van der Waals surface area (Å²) in [6.07, 6.45) is 3.83. The third kappa shape index (κ3) is 3.60. The molecule has 17 heavy (non-hydrogen) atoms. The summed E-state index contributed by atoms with van der Waals surface area (Å²) in [5.74, 6) is -0.132. The largest absolute Gasteiger partial charge is 0.378 e. The SMILES string of the molecule is C/C=C\C(C(N)=O)=C(/NC=O)N1CCOCC1. The first-order valence-corrected chi connectivity index (χ1v) is 5.40. The van der Waals surface area contributed by atoms with E-state index < -0.39 is 5.91 Å². The fourth-order valence-electron chi connectivity index (χ4n) is 1.63. The number of morpholine rings is 1. The molecule has 0 aliphatic carbocycles. The van der Waals surface area contributed by atoms with Crippen molar-refractivity contribution in [2.24, 2.45) is 5.73 Å². The molecule has 1 aliphatic heterocycles. The molecule has 0 aromatic carbocycles. The van der Waals surface area contributed by atoms with E-state index in [0.29, 0.717) is 44.1 Å². The Kier molecular flexibility index (Phi) is 5.22. The highest BCUT2D eigenvalue weighted by atomic mass is 16.5. The van der Waals surface area contributed by atoms with Gasteiger partial charge in [0, 0.05) is 13.1 Å². The van der Waals surface area contributed by atoms with Gasteiger partial charge in [-0.3, -0.25) is 9.59 Å². The lowest BCUT2D eigenvalue weighted by molar-refractivity contribution is -0.114. The van der Waals surface area contributed by atoms with Crippen molar-refractivity contribution in [2.45, 2.75) is 6.92 Å². The van der Waals surface area contributed by atoms with Crippen molar-refractivity contribution in [1.82, 2.24) is 10.2 Å². The number of primary amides is 1. The average molecular weight is 239 g/mol. The molecular weight excluding hydrogens is 222 g/mol. The Morgan fingerprint density at radius 1 is 1.41 bits per heavy atom. The van der Waals surface area contributed by atoms with Crippen LogP contribution < -0.4 is 11.1 Å². The van der Waals surface area contributed by atoms with Crippen LogP contribution in [0.2, 0.25) is 0 Å². The van der Waals surface area contributed by atoms with Gasteiger partial charge in [0.25, 0.3) is 5.91 Å². The third-order valence-electron chi connectivity index (χ3n) is 2.38. The van der Waals surface area contributed by atoms with Crippen molar-refractivity contribution >= 4 is 12.3 Å². The second-order valence-corrected chi connectivity index (χ2v) is 3.49. The van der Waals surface area contributed by atoms with Gasteiger partial charge in [-0.1, -0.05) is 12.2 Å². The summed E-state index contributed by atoms with van der Waals surface area (Å²) < 4.78 is 5.21. The maximum absolute atomic E-state index is 11.3. The zero-order valence-corrected chi connectivity index (χ0v) is 9.81. The van der Waals surface area contributed by atoms with E-state index in [1.54, 1.807) is 19.1 Å². The highest BCUT2D eigenvalue weighted by Crippen LogP contribution is 2.11. The van der Waals surface area contributed by atoms with Crippen LogP contribution in [0.3, 0.4) is 0 Å². The van der Waals surface area contributed by atoms with Crippen LogP contribution in [-0.2, 0) is 14.3 Å². The highest BCUT2D eigenvalue weighted by molar-refractivity contribution is 5.95. The number of hydrogen-bond donors (Lipinski definition) is 2. The minimum Gasteiger partial charge on any atom is -0.378 e. The standard InChI is InChI=1S/C11H17N3O3/c1-2-3-9(10(12)16)11(13-8-15)14-4-6-17-7-5-14/h2-3,8H,4-7H2,1H3,(H2,12,16)(H,13,15)/b3-2-,11-9-. The van der Waals surface area contributed by atoms with Gasteiger partial charge in [0.05, 0.1) is 18.8 Å². The van der Waals surface area contributed by atoms with Gasteiger partial charge in [0.1, 0.15) is 5.82 Å². The fraction of sp³-hybridized carbons (Fsp3) is 0.455. The molecule has 0 aromatic heterocycles. The van der Waals surface area contributed by atoms with Crippen LogP contribution in [0.1, 0.15) is 6.92 Å². The summed E-state index contributed by atoms with van der Waals surface area (Å²) in [6.45, 7) is 4.13. The van der Waals surface area contributed by atoms with Crippen LogP contribution >= 0.6 is 0 Å². The number of ether oxygens (including phenoxy) is 1. The molecular formula is C11H17N3O3. The first-order valence-electron chi connectivity index (χ1n) is 5.40. The molecule has 0 bridgehead atoms. The molecule has 0 saturated carbocycles. The molecule has 0 unspecified atom stereocenters. The van der Waals surface area contributed by atoms with Crippen molar-refractivity contribution in [1.29, 1.82) is 0 Å². The molecule has 1 rings (SSSR count). The van der Waals surface area contributed by atoms with E-state index in [4.69, 9.17) is 10.5 Å². The van der Waals surface area contributed by atoms with Gasteiger partial charge in [0.15, 0.2) is 0 Å². The fourth-order valence-corrected chi connectivity index (χ4v) is 1.63.